The Kier molecular flexibility index (Phi) is 5.52. The van der Waals surface area contributed by atoms with Crippen LogP contribution in [-0.4, -0.2) is 16.6 Å². The van der Waals surface area contributed by atoms with Crippen molar-refractivity contribution in [3.63, 3.8) is 0 Å². The second-order valence-electron chi connectivity index (χ2n) is 5.44. The molecule has 0 unspecified atom stereocenters. The van der Waals surface area contributed by atoms with Crippen molar-refractivity contribution in [2.45, 2.75) is 24.7 Å². The summed E-state index contributed by atoms with van der Waals surface area (Å²) in [4.78, 5) is 18.0. The van der Waals surface area contributed by atoms with Crippen LogP contribution in [0.5, 0.6) is 0 Å². The van der Waals surface area contributed by atoms with Gasteiger partial charge in [-0.1, -0.05) is 13.0 Å². The molecule has 0 fully saturated rings. The number of nitrogens with zero attached hydrogens (tertiary/aromatic N) is 1. The van der Waals surface area contributed by atoms with E-state index in [0.717, 1.165) is 17.0 Å². The van der Waals surface area contributed by atoms with Gasteiger partial charge in [0.1, 0.15) is 5.03 Å². The fourth-order valence-corrected chi connectivity index (χ4v) is 3.81. The summed E-state index contributed by atoms with van der Waals surface area (Å²) in [6.07, 6.45) is -4.44. The molecule has 0 aliphatic rings. The summed E-state index contributed by atoms with van der Waals surface area (Å²) < 4.78 is 38.9. The molecule has 0 aliphatic carbocycles. The van der Waals surface area contributed by atoms with E-state index < -0.39 is 11.7 Å². The Labute approximate surface area is 156 Å². The van der Waals surface area contributed by atoms with Crippen LogP contribution in [0.25, 0.3) is 10.9 Å². The molecule has 1 N–H and O–H groups in total. The number of alkyl halides is 3. The molecule has 8 heteroatoms. The molecule has 0 radical (unpaired) electrons. The molecule has 0 saturated heterocycles. The first-order valence-electron chi connectivity index (χ1n) is 7.84. The minimum Gasteiger partial charge on any atom is -0.347 e. The highest BCUT2D eigenvalue weighted by Crippen LogP contribution is 2.32. The maximum atomic E-state index is 13.0. The van der Waals surface area contributed by atoms with Gasteiger partial charge in [0.2, 0.25) is 0 Å². The number of halogens is 3. The molecule has 2 heterocycles. The number of nitrogens with one attached hydrogen (secondary N) is 1. The van der Waals surface area contributed by atoms with Crippen molar-refractivity contribution < 1.29 is 18.0 Å². The minimum atomic E-state index is -4.44. The lowest BCUT2D eigenvalue weighted by Crippen LogP contribution is -2.23. The first-order valence-corrected chi connectivity index (χ1v) is 9.70. The number of hydrogen-bond donors (Lipinski definition) is 1. The predicted molar refractivity (Wildman–Crippen MR) is 98.6 cm³/mol. The van der Waals surface area contributed by atoms with Gasteiger partial charge < -0.3 is 5.32 Å². The Balaban J connectivity index is 1.97. The quantitative estimate of drug-likeness (QED) is 0.591. The Bertz CT molecular complexity index is 924. The average molecular weight is 396 g/mol. The predicted octanol–water partition coefficient (Wildman–Crippen LogP) is 5.36. The molecule has 26 heavy (non-hydrogen) atoms. The average Bonchev–Trinajstić information content (AvgIpc) is 3.11. The Morgan fingerprint density at radius 2 is 2.08 bits per heavy atom. The number of carbonyl (C=O) groups excluding carboxylic acids is 1. The van der Waals surface area contributed by atoms with Gasteiger partial charge in [-0.3, -0.25) is 4.79 Å². The molecule has 0 aliphatic heterocycles. The zero-order valence-electron chi connectivity index (χ0n) is 13.8. The van der Waals surface area contributed by atoms with E-state index in [0.29, 0.717) is 33.8 Å². The molecule has 0 atom stereocenters. The van der Waals surface area contributed by atoms with Crippen LogP contribution in [0.4, 0.5) is 13.2 Å². The number of pyridine rings is 1. The van der Waals surface area contributed by atoms with E-state index in [1.165, 1.54) is 35.2 Å². The molecular formula is C18H15F3N2OS2. The largest absolute Gasteiger partial charge is 0.416 e. The second kappa shape index (κ2) is 7.67. The lowest BCUT2D eigenvalue weighted by atomic mass is 10.1. The molecule has 1 aromatic carbocycles. The van der Waals surface area contributed by atoms with Crippen molar-refractivity contribution in [1.82, 2.24) is 10.3 Å². The third-order valence-corrected chi connectivity index (χ3v) is 5.39. The summed E-state index contributed by atoms with van der Waals surface area (Å²) in [6.45, 7) is 2.30. The summed E-state index contributed by atoms with van der Waals surface area (Å²) in [5.74, 6) is 0.353. The van der Waals surface area contributed by atoms with Crippen LogP contribution in [0.15, 0.2) is 46.8 Å². The summed E-state index contributed by atoms with van der Waals surface area (Å²) >= 11 is 2.91. The highest BCUT2D eigenvalue weighted by atomic mass is 32.2. The number of thioether (sulfide) groups is 1. The Morgan fingerprint density at radius 1 is 1.27 bits per heavy atom. The van der Waals surface area contributed by atoms with Crippen molar-refractivity contribution in [3.05, 3.63) is 57.8 Å². The van der Waals surface area contributed by atoms with Crippen molar-refractivity contribution in [2.24, 2.45) is 0 Å². The van der Waals surface area contributed by atoms with Crippen LogP contribution in [0.2, 0.25) is 0 Å². The van der Waals surface area contributed by atoms with Crippen LogP contribution in [0, 0.1) is 0 Å². The molecular weight excluding hydrogens is 381 g/mol. The van der Waals surface area contributed by atoms with Gasteiger partial charge in [-0.05, 0) is 41.5 Å². The number of benzene rings is 1. The van der Waals surface area contributed by atoms with E-state index >= 15 is 0 Å². The molecule has 3 nitrogen and oxygen atoms in total. The number of carbonyl (C=O) groups is 1. The van der Waals surface area contributed by atoms with Crippen molar-refractivity contribution in [3.8, 4) is 0 Å². The minimum absolute atomic E-state index is 0.292. The smallest absolute Gasteiger partial charge is 0.347 e. The molecule has 2 aromatic heterocycles. The first-order chi connectivity index (χ1) is 12.4. The summed E-state index contributed by atoms with van der Waals surface area (Å²) in [5.41, 5.74) is -0.0309. The van der Waals surface area contributed by atoms with Gasteiger partial charge in [-0.25, -0.2) is 4.98 Å². The van der Waals surface area contributed by atoms with Crippen LogP contribution in [0.3, 0.4) is 0 Å². The van der Waals surface area contributed by atoms with Gasteiger partial charge in [0, 0.05) is 10.3 Å². The SMILES string of the molecule is CCSc1nc2ccc(C(F)(F)F)cc2cc1C(=O)NCc1cccs1. The summed E-state index contributed by atoms with van der Waals surface area (Å²) in [5, 5.41) is 5.53. The lowest BCUT2D eigenvalue weighted by molar-refractivity contribution is -0.137. The Hall–Kier alpha value is -2.06. The highest BCUT2D eigenvalue weighted by molar-refractivity contribution is 7.99. The van der Waals surface area contributed by atoms with Gasteiger partial charge in [-0.15, -0.1) is 23.1 Å². The maximum absolute atomic E-state index is 13.0. The summed E-state index contributed by atoms with van der Waals surface area (Å²) in [7, 11) is 0. The number of fused-ring (bicyclic) bond motifs is 1. The van der Waals surface area contributed by atoms with E-state index in [1.807, 2.05) is 24.4 Å². The zero-order chi connectivity index (χ0) is 18.7. The maximum Gasteiger partial charge on any atom is 0.416 e. The molecule has 0 saturated carbocycles. The normalized spacial score (nSPS) is 11.7. The fourth-order valence-electron chi connectivity index (χ4n) is 2.42. The number of thiophene rings is 1. The van der Waals surface area contributed by atoms with E-state index in [4.69, 9.17) is 0 Å². The molecule has 1 amide bonds. The second-order valence-corrected chi connectivity index (χ2v) is 7.73. The van der Waals surface area contributed by atoms with Gasteiger partial charge in [-0.2, -0.15) is 13.2 Å². The van der Waals surface area contributed by atoms with Gasteiger partial charge in [0.25, 0.3) is 5.91 Å². The van der Waals surface area contributed by atoms with Gasteiger partial charge in [0.05, 0.1) is 23.2 Å². The standard InChI is InChI=1S/C18H15F3N2OS2/c1-2-25-17-14(16(24)22-10-13-4-3-7-26-13)9-11-8-12(18(19,20)21)5-6-15(11)23-17/h3-9H,2,10H2,1H3,(H,22,24). The van der Waals surface area contributed by atoms with E-state index in [1.54, 1.807) is 0 Å². The lowest BCUT2D eigenvalue weighted by Gasteiger charge is -2.12. The molecule has 3 rings (SSSR count). The third kappa shape index (κ3) is 4.19. The first kappa shape index (κ1) is 18.7. The fraction of sp³-hybridized carbons (Fsp3) is 0.222. The number of aromatic nitrogens is 1. The number of hydrogen-bond acceptors (Lipinski definition) is 4. The topological polar surface area (TPSA) is 42.0 Å². The summed E-state index contributed by atoms with van der Waals surface area (Å²) in [6, 6.07) is 8.65. The van der Waals surface area contributed by atoms with Crippen LogP contribution >= 0.6 is 23.1 Å². The van der Waals surface area contributed by atoms with E-state index in [-0.39, 0.29) is 5.91 Å². The van der Waals surface area contributed by atoms with Crippen molar-refractivity contribution in [1.29, 1.82) is 0 Å². The van der Waals surface area contributed by atoms with Gasteiger partial charge in [0.15, 0.2) is 0 Å². The van der Waals surface area contributed by atoms with E-state index in [9.17, 15) is 18.0 Å². The Morgan fingerprint density at radius 3 is 2.73 bits per heavy atom. The monoisotopic (exact) mass is 396 g/mol. The van der Waals surface area contributed by atoms with Crippen molar-refractivity contribution in [2.75, 3.05) is 5.75 Å². The molecule has 0 spiro atoms. The van der Waals surface area contributed by atoms with E-state index in [2.05, 4.69) is 10.3 Å². The highest BCUT2D eigenvalue weighted by Gasteiger charge is 2.30. The van der Waals surface area contributed by atoms with Crippen LogP contribution < -0.4 is 5.32 Å². The number of amides is 1. The molecule has 0 bridgehead atoms. The third-order valence-electron chi connectivity index (χ3n) is 3.64. The molecule has 136 valence electrons. The zero-order valence-corrected chi connectivity index (χ0v) is 15.4. The van der Waals surface area contributed by atoms with Crippen LogP contribution in [-0.2, 0) is 12.7 Å². The van der Waals surface area contributed by atoms with Crippen molar-refractivity contribution >= 4 is 39.9 Å². The number of rotatable bonds is 5. The molecule has 3 aromatic rings. The van der Waals surface area contributed by atoms with Crippen LogP contribution in [0.1, 0.15) is 27.7 Å². The van der Waals surface area contributed by atoms with Gasteiger partial charge >= 0.3 is 6.18 Å².